The molecular formula is C13H15N3O. The molecule has 4 heteroatoms. The van der Waals surface area contributed by atoms with E-state index < -0.39 is 0 Å². The Hall–Kier alpha value is -2.10. The minimum absolute atomic E-state index is 0.0329. The molecule has 0 radical (unpaired) electrons. The van der Waals surface area contributed by atoms with E-state index in [9.17, 15) is 4.79 Å². The van der Waals surface area contributed by atoms with Gasteiger partial charge in [-0.15, -0.1) is 0 Å². The summed E-state index contributed by atoms with van der Waals surface area (Å²) in [4.78, 5) is 11.7. The number of carbonyl (C=O) groups is 1. The zero-order valence-electron chi connectivity index (χ0n) is 9.76. The minimum Gasteiger partial charge on any atom is -0.352 e. The van der Waals surface area contributed by atoms with Crippen molar-refractivity contribution in [2.24, 2.45) is 7.05 Å². The molecular weight excluding hydrogens is 214 g/mol. The first-order chi connectivity index (χ1) is 8.25. The van der Waals surface area contributed by atoms with E-state index in [1.165, 1.54) is 0 Å². The largest absolute Gasteiger partial charge is 0.352 e. The first-order valence-electron chi connectivity index (χ1n) is 5.56. The summed E-state index contributed by atoms with van der Waals surface area (Å²) >= 11 is 0. The van der Waals surface area contributed by atoms with Crippen molar-refractivity contribution in [1.29, 1.82) is 0 Å². The smallest absolute Gasteiger partial charge is 0.251 e. The Kier molecular flexibility index (Phi) is 3.55. The second-order valence-electron chi connectivity index (χ2n) is 3.89. The number of rotatable bonds is 4. The quantitative estimate of drug-likeness (QED) is 0.861. The lowest BCUT2D eigenvalue weighted by Gasteiger charge is -2.03. The van der Waals surface area contributed by atoms with Gasteiger partial charge in [-0.2, -0.15) is 5.10 Å². The number of carbonyl (C=O) groups excluding carboxylic acids is 1. The van der Waals surface area contributed by atoms with Crippen molar-refractivity contribution in [3.8, 4) is 0 Å². The highest BCUT2D eigenvalue weighted by atomic mass is 16.1. The lowest BCUT2D eigenvalue weighted by Crippen LogP contribution is -2.25. The normalized spacial score (nSPS) is 10.2. The van der Waals surface area contributed by atoms with E-state index in [0.717, 1.165) is 12.0 Å². The maximum Gasteiger partial charge on any atom is 0.251 e. The molecule has 0 unspecified atom stereocenters. The molecule has 17 heavy (non-hydrogen) atoms. The van der Waals surface area contributed by atoms with Gasteiger partial charge in [-0.05, 0) is 24.1 Å². The number of hydrogen-bond acceptors (Lipinski definition) is 2. The molecule has 0 aliphatic heterocycles. The fourth-order valence-electron chi connectivity index (χ4n) is 1.61. The second-order valence-corrected chi connectivity index (χ2v) is 3.89. The third-order valence-corrected chi connectivity index (χ3v) is 2.49. The lowest BCUT2D eigenvalue weighted by molar-refractivity contribution is 0.0954. The van der Waals surface area contributed by atoms with Gasteiger partial charge in [-0.1, -0.05) is 18.2 Å². The summed E-state index contributed by atoms with van der Waals surface area (Å²) in [6.07, 6.45) is 4.57. The zero-order chi connectivity index (χ0) is 12.1. The van der Waals surface area contributed by atoms with Crippen molar-refractivity contribution in [3.63, 3.8) is 0 Å². The zero-order valence-corrected chi connectivity index (χ0v) is 9.76. The summed E-state index contributed by atoms with van der Waals surface area (Å²) in [6.45, 7) is 0.624. The van der Waals surface area contributed by atoms with E-state index in [-0.39, 0.29) is 5.91 Å². The van der Waals surface area contributed by atoms with Crippen molar-refractivity contribution in [3.05, 3.63) is 53.9 Å². The van der Waals surface area contributed by atoms with Crippen LogP contribution in [0.1, 0.15) is 15.9 Å². The van der Waals surface area contributed by atoms with E-state index in [4.69, 9.17) is 0 Å². The highest BCUT2D eigenvalue weighted by Crippen LogP contribution is 1.99. The fraction of sp³-hybridized carbons (Fsp3) is 0.231. The Bertz CT molecular complexity index is 490. The molecule has 0 aliphatic rings. The summed E-state index contributed by atoms with van der Waals surface area (Å²) < 4.78 is 1.76. The summed E-state index contributed by atoms with van der Waals surface area (Å²) in [6, 6.07) is 9.22. The average molecular weight is 229 g/mol. The molecule has 1 amide bonds. The molecule has 1 N–H and O–H groups in total. The maximum atomic E-state index is 11.7. The third kappa shape index (κ3) is 3.17. The van der Waals surface area contributed by atoms with Gasteiger partial charge in [0.15, 0.2) is 0 Å². The molecule has 1 aromatic heterocycles. The molecule has 0 atom stereocenters. The standard InChI is InChI=1S/C13H15N3O/c1-16-10-11(9-15-16)7-8-14-13(17)12-5-3-2-4-6-12/h2-6,9-10H,7-8H2,1H3,(H,14,17). The average Bonchev–Trinajstić information content (AvgIpc) is 2.76. The van der Waals surface area contributed by atoms with Crippen molar-refractivity contribution in [2.75, 3.05) is 6.54 Å². The summed E-state index contributed by atoms with van der Waals surface area (Å²) in [5, 5.41) is 6.96. The van der Waals surface area contributed by atoms with Crippen LogP contribution in [0, 0.1) is 0 Å². The van der Waals surface area contributed by atoms with Crippen LogP contribution in [0.25, 0.3) is 0 Å². The van der Waals surface area contributed by atoms with Crippen LogP contribution in [-0.2, 0) is 13.5 Å². The van der Waals surface area contributed by atoms with E-state index in [1.54, 1.807) is 16.8 Å². The van der Waals surface area contributed by atoms with Crippen LogP contribution < -0.4 is 5.32 Å². The predicted molar refractivity (Wildman–Crippen MR) is 65.7 cm³/mol. The minimum atomic E-state index is -0.0329. The lowest BCUT2D eigenvalue weighted by atomic mass is 10.2. The summed E-state index contributed by atoms with van der Waals surface area (Å²) in [5.74, 6) is -0.0329. The molecule has 0 aliphatic carbocycles. The predicted octanol–water partition coefficient (Wildman–Crippen LogP) is 1.39. The molecule has 4 nitrogen and oxygen atoms in total. The number of aromatic nitrogens is 2. The molecule has 0 saturated heterocycles. The number of nitrogens with one attached hydrogen (secondary N) is 1. The highest BCUT2D eigenvalue weighted by molar-refractivity contribution is 5.94. The van der Waals surface area contributed by atoms with Crippen LogP contribution in [0.4, 0.5) is 0 Å². The van der Waals surface area contributed by atoms with Crippen LogP contribution >= 0.6 is 0 Å². The molecule has 1 aromatic carbocycles. The number of aryl methyl sites for hydroxylation is 1. The first kappa shape index (κ1) is 11.4. The number of amides is 1. The summed E-state index contributed by atoms with van der Waals surface area (Å²) in [5.41, 5.74) is 1.82. The molecule has 0 bridgehead atoms. The topological polar surface area (TPSA) is 46.9 Å². The van der Waals surface area contributed by atoms with Gasteiger partial charge in [0.25, 0.3) is 5.91 Å². The molecule has 0 saturated carbocycles. The van der Waals surface area contributed by atoms with Crippen LogP contribution in [-0.4, -0.2) is 22.2 Å². The Morgan fingerprint density at radius 1 is 1.35 bits per heavy atom. The van der Waals surface area contributed by atoms with Crippen molar-refractivity contribution in [2.45, 2.75) is 6.42 Å². The van der Waals surface area contributed by atoms with E-state index in [1.807, 2.05) is 37.6 Å². The molecule has 2 aromatic rings. The van der Waals surface area contributed by atoms with Gasteiger partial charge in [-0.3, -0.25) is 9.48 Å². The van der Waals surface area contributed by atoms with Gasteiger partial charge in [0.05, 0.1) is 6.20 Å². The van der Waals surface area contributed by atoms with E-state index in [0.29, 0.717) is 12.1 Å². The van der Waals surface area contributed by atoms with Crippen LogP contribution in [0.3, 0.4) is 0 Å². The van der Waals surface area contributed by atoms with E-state index in [2.05, 4.69) is 10.4 Å². The van der Waals surface area contributed by atoms with Crippen molar-refractivity contribution < 1.29 is 4.79 Å². The molecule has 88 valence electrons. The SMILES string of the molecule is Cn1cc(CCNC(=O)c2ccccc2)cn1. The fourth-order valence-corrected chi connectivity index (χ4v) is 1.61. The highest BCUT2D eigenvalue weighted by Gasteiger charge is 2.03. The number of benzene rings is 1. The Morgan fingerprint density at radius 2 is 2.12 bits per heavy atom. The molecule has 2 rings (SSSR count). The van der Waals surface area contributed by atoms with Gasteiger partial charge in [-0.25, -0.2) is 0 Å². The van der Waals surface area contributed by atoms with Crippen molar-refractivity contribution >= 4 is 5.91 Å². The van der Waals surface area contributed by atoms with Gasteiger partial charge < -0.3 is 5.32 Å². The number of nitrogens with zero attached hydrogens (tertiary/aromatic N) is 2. The van der Waals surface area contributed by atoms with Gasteiger partial charge >= 0.3 is 0 Å². The maximum absolute atomic E-state index is 11.7. The van der Waals surface area contributed by atoms with Gasteiger partial charge in [0.1, 0.15) is 0 Å². The van der Waals surface area contributed by atoms with Crippen molar-refractivity contribution in [1.82, 2.24) is 15.1 Å². The van der Waals surface area contributed by atoms with Crippen LogP contribution in [0.15, 0.2) is 42.7 Å². The van der Waals surface area contributed by atoms with Gasteiger partial charge in [0, 0.05) is 25.4 Å². The van der Waals surface area contributed by atoms with Gasteiger partial charge in [0.2, 0.25) is 0 Å². The molecule has 1 heterocycles. The molecule has 0 fully saturated rings. The second kappa shape index (κ2) is 5.30. The monoisotopic (exact) mass is 229 g/mol. The van der Waals surface area contributed by atoms with E-state index >= 15 is 0 Å². The van der Waals surface area contributed by atoms with Crippen LogP contribution in [0.5, 0.6) is 0 Å². The Morgan fingerprint density at radius 3 is 2.76 bits per heavy atom. The Labute approximate surface area is 100 Å². The number of hydrogen-bond donors (Lipinski definition) is 1. The molecule has 0 spiro atoms. The Balaban J connectivity index is 1.81. The first-order valence-corrected chi connectivity index (χ1v) is 5.56. The summed E-state index contributed by atoms with van der Waals surface area (Å²) in [7, 11) is 1.88. The van der Waals surface area contributed by atoms with Crippen LogP contribution in [0.2, 0.25) is 0 Å². The third-order valence-electron chi connectivity index (χ3n) is 2.49.